The number of likely N-dealkylation sites (tertiary alicyclic amines) is 1. The number of nitrogens with zero attached hydrogens (tertiary/aromatic N) is 2. The average Bonchev–Trinajstić information content (AvgIpc) is 2.63. The minimum atomic E-state index is -2.94. The minimum absolute atomic E-state index is 0. The Hall–Kier alpha value is -0.870. The fourth-order valence-electron chi connectivity index (χ4n) is 4.02. The third-order valence-corrected chi connectivity index (χ3v) is 6.34. The molecule has 0 saturated carbocycles. The van der Waals surface area contributed by atoms with Crippen molar-refractivity contribution in [3.05, 3.63) is 35.4 Å². The number of aliphatic imine (C=N–C) groups is 1. The third kappa shape index (κ3) is 10.4. The van der Waals surface area contributed by atoms with Crippen LogP contribution in [0, 0.1) is 11.8 Å². The van der Waals surface area contributed by atoms with Gasteiger partial charge in [-0.3, -0.25) is 9.89 Å². The third-order valence-electron chi connectivity index (χ3n) is 5.36. The molecule has 1 aliphatic heterocycles. The van der Waals surface area contributed by atoms with E-state index >= 15 is 0 Å². The molecule has 2 N–H and O–H groups in total. The van der Waals surface area contributed by atoms with Crippen molar-refractivity contribution in [3.63, 3.8) is 0 Å². The molecule has 0 radical (unpaired) electrons. The van der Waals surface area contributed by atoms with E-state index in [2.05, 4.69) is 58.6 Å². The van der Waals surface area contributed by atoms with E-state index in [0.717, 1.165) is 18.4 Å². The fourth-order valence-corrected chi connectivity index (χ4v) is 4.80. The van der Waals surface area contributed by atoms with Crippen LogP contribution in [-0.4, -0.2) is 57.5 Å². The lowest BCUT2D eigenvalue weighted by molar-refractivity contribution is 0.134. The van der Waals surface area contributed by atoms with Gasteiger partial charge in [-0.05, 0) is 42.7 Å². The molecule has 1 aromatic carbocycles. The number of piperidine rings is 1. The molecule has 0 bridgehead atoms. The van der Waals surface area contributed by atoms with Crippen LogP contribution in [-0.2, 0) is 22.9 Å². The molecule has 0 spiro atoms. The second kappa shape index (κ2) is 12.9. The van der Waals surface area contributed by atoms with Crippen LogP contribution in [0.2, 0.25) is 0 Å². The van der Waals surface area contributed by atoms with Crippen molar-refractivity contribution in [1.29, 1.82) is 0 Å². The van der Waals surface area contributed by atoms with E-state index in [-0.39, 0.29) is 35.8 Å². The number of nitrogens with one attached hydrogen (secondary N) is 2. The predicted octanol–water partition coefficient (Wildman–Crippen LogP) is 3.27. The maximum absolute atomic E-state index is 11.3. The van der Waals surface area contributed by atoms with Crippen molar-refractivity contribution in [2.45, 2.75) is 52.7 Å². The molecule has 30 heavy (non-hydrogen) atoms. The molecule has 0 aromatic heterocycles. The van der Waals surface area contributed by atoms with Crippen LogP contribution < -0.4 is 10.6 Å². The number of guanidine groups is 1. The Bertz CT molecular complexity index is 758. The Morgan fingerprint density at radius 2 is 1.73 bits per heavy atom. The predicted molar refractivity (Wildman–Crippen MR) is 137 cm³/mol. The van der Waals surface area contributed by atoms with Gasteiger partial charge in [-0.2, -0.15) is 0 Å². The van der Waals surface area contributed by atoms with Crippen LogP contribution in [0.1, 0.15) is 44.7 Å². The van der Waals surface area contributed by atoms with Crippen LogP contribution >= 0.6 is 24.0 Å². The summed E-state index contributed by atoms with van der Waals surface area (Å²) >= 11 is 0. The first-order valence-electron chi connectivity index (χ1n) is 10.6. The molecule has 3 atom stereocenters. The van der Waals surface area contributed by atoms with E-state index in [0.29, 0.717) is 18.9 Å². The first-order chi connectivity index (χ1) is 13.6. The van der Waals surface area contributed by atoms with Crippen molar-refractivity contribution in [3.8, 4) is 0 Å². The highest BCUT2D eigenvalue weighted by molar-refractivity contribution is 14.0. The summed E-state index contributed by atoms with van der Waals surface area (Å²) in [6, 6.07) is 8.80. The van der Waals surface area contributed by atoms with Gasteiger partial charge in [0.1, 0.15) is 9.84 Å². The van der Waals surface area contributed by atoms with E-state index in [4.69, 9.17) is 0 Å². The molecular formula is C22H39IN4O2S. The Kier molecular flexibility index (Phi) is 11.6. The lowest BCUT2D eigenvalue weighted by Gasteiger charge is -2.35. The molecule has 0 aliphatic carbocycles. The van der Waals surface area contributed by atoms with Crippen LogP contribution in [0.4, 0.5) is 0 Å². The molecule has 0 amide bonds. The summed E-state index contributed by atoms with van der Waals surface area (Å²) in [5, 5.41) is 6.56. The minimum Gasteiger partial charge on any atom is -0.354 e. The summed E-state index contributed by atoms with van der Waals surface area (Å²) in [7, 11) is -1.22. The van der Waals surface area contributed by atoms with Gasteiger partial charge in [0.05, 0.1) is 5.75 Å². The van der Waals surface area contributed by atoms with E-state index in [1.165, 1.54) is 36.9 Å². The quantitative estimate of drug-likeness (QED) is 0.296. The maximum Gasteiger partial charge on any atom is 0.191 e. The summed E-state index contributed by atoms with van der Waals surface area (Å²) in [5.74, 6) is 2.42. The normalized spacial score (nSPS) is 21.6. The summed E-state index contributed by atoms with van der Waals surface area (Å²) in [6.07, 6.45) is 3.16. The lowest BCUT2D eigenvalue weighted by atomic mass is 9.91. The number of hydrogen-bond acceptors (Lipinski definition) is 4. The molecule has 1 aliphatic rings. The van der Waals surface area contributed by atoms with Crippen molar-refractivity contribution in [2.75, 3.05) is 32.1 Å². The average molecular weight is 551 g/mol. The summed E-state index contributed by atoms with van der Waals surface area (Å²) in [4.78, 5) is 6.80. The van der Waals surface area contributed by atoms with Crippen LogP contribution in [0.5, 0.6) is 0 Å². The van der Waals surface area contributed by atoms with Gasteiger partial charge >= 0.3 is 0 Å². The van der Waals surface area contributed by atoms with Gasteiger partial charge in [-0.15, -0.1) is 24.0 Å². The Morgan fingerprint density at radius 3 is 2.27 bits per heavy atom. The molecule has 3 unspecified atom stereocenters. The van der Waals surface area contributed by atoms with E-state index < -0.39 is 9.84 Å². The van der Waals surface area contributed by atoms with Crippen LogP contribution in [0.3, 0.4) is 0 Å². The van der Waals surface area contributed by atoms with Crippen molar-refractivity contribution in [1.82, 2.24) is 15.5 Å². The summed E-state index contributed by atoms with van der Waals surface area (Å²) < 4.78 is 22.6. The fraction of sp³-hybridized carbons (Fsp3) is 0.682. The molecule has 1 fully saturated rings. The molecule has 8 heteroatoms. The maximum atomic E-state index is 11.3. The number of hydrogen-bond donors (Lipinski definition) is 2. The van der Waals surface area contributed by atoms with Crippen LogP contribution in [0.25, 0.3) is 0 Å². The smallest absolute Gasteiger partial charge is 0.191 e. The molecular weight excluding hydrogens is 511 g/mol. The van der Waals surface area contributed by atoms with Crippen molar-refractivity contribution >= 4 is 39.8 Å². The second-order valence-electron chi connectivity index (χ2n) is 8.85. The van der Waals surface area contributed by atoms with Crippen molar-refractivity contribution < 1.29 is 8.42 Å². The molecule has 1 saturated heterocycles. The number of benzene rings is 1. The lowest BCUT2D eigenvalue weighted by Crippen LogP contribution is -2.42. The molecule has 1 heterocycles. The van der Waals surface area contributed by atoms with Gasteiger partial charge in [-0.25, -0.2) is 8.42 Å². The largest absolute Gasteiger partial charge is 0.354 e. The zero-order valence-corrected chi connectivity index (χ0v) is 22.2. The summed E-state index contributed by atoms with van der Waals surface area (Å²) in [6.45, 7) is 10.7. The molecule has 172 valence electrons. The van der Waals surface area contributed by atoms with Crippen LogP contribution in [0.15, 0.2) is 29.3 Å². The zero-order valence-electron chi connectivity index (χ0n) is 19.0. The zero-order chi connectivity index (χ0) is 21.4. The van der Waals surface area contributed by atoms with Gasteiger partial charge in [0.15, 0.2) is 5.96 Å². The van der Waals surface area contributed by atoms with Gasteiger partial charge in [0, 0.05) is 45.5 Å². The first kappa shape index (κ1) is 27.2. The highest BCUT2D eigenvalue weighted by Gasteiger charge is 2.21. The first-order valence-corrected chi connectivity index (χ1v) is 12.7. The van der Waals surface area contributed by atoms with E-state index in [1.54, 1.807) is 7.05 Å². The van der Waals surface area contributed by atoms with E-state index in [9.17, 15) is 8.42 Å². The molecule has 2 rings (SSSR count). The van der Waals surface area contributed by atoms with E-state index in [1.807, 2.05) is 6.92 Å². The Labute approximate surface area is 200 Å². The monoisotopic (exact) mass is 550 g/mol. The highest BCUT2D eigenvalue weighted by Crippen LogP contribution is 2.22. The Morgan fingerprint density at radius 1 is 1.17 bits per heavy atom. The number of halogens is 1. The molecule has 1 aromatic rings. The molecule has 6 nitrogen and oxygen atoms in total. The van der Waals surface area contributed by atoms with Gasteiger partial charge in [0.2, 0.25) is 0 Å². The standard InChI is InChI=1S/C22H38N4O2S.HI/c1-17-12-18(2)15-26(14-17)16-21-8-6-20(7-9-21)13-24-22(23-4)25-19(3)10-11-29(5,27)28;/h6-9,17-19H,10-16H2,1-5H3,(H2,23,24,25);1H. The SMILES string of the molecule is CN=C(NCc1ccc(CN2CC(C)CC(C)C2)cc1)NC(C)CCS(C)(=O)=O.I. The van der Waals surface area contributed by atoms with Gasteiger partial charge in [0.25, 0.3) is 0 Å². The topological polar surface area (TPSA) is 73.8 Å². The number of rotatable bonds is 8. The van der Waals surface area contributed by atoms with Gasteiger partial charge in [-0.1, -0.05) is 38.1 Å². The van der Waals surface area contributed by atoms with Crippen molar-refractivity contribution in [2.24, 2.45) is 16.8 Å². The summed E-state index contributed by atoms with van der Waals surface area (Å²) in [5.41, 5.74) is 2.55. The second-order valence-corrected chi connectivity index (χ2v) is 11.1. The van der Waals surface area contributed by atoms with Gasteiger partial charge < -0.3 is 10.6 Å². The Balaban J connectivity index is 0.00000450. The number of sulfone groups is 1. The highest BCUT2D eigenvalue weighted by atomic mass is 127.